The zero-order valence-corrected chi connectivity index (χ0v) is 9.58. The van der Waals surface area contributed by atoms with E-state index in [2.05, 4.69) is 10.6 Å². The highest BCUT2D eigenvalue weighted by Gasteiger charge is 2.11. The van der Waals surface area contributed by atoms with E-state index in [1.165, 1.54) is 0 Å². The maximum Gasteiger partial charge on any atom is 0.163 e. The molecule has 0 spiro atoms. The first-order valence-corrected chi connectivity index (χ1v) is 5.68. The van der Waals surface area contributed by atoms with Crippen molar-refractivity contribution in [2.75, 3.05) is 38.7 Å². The summed E-state index contributed by atoms with van der Waals surface area (Å²) in [6.45, 7) is 3.26. The van der Waals surface area contributed by atoms with Crippen LogP contribution in [0.1, 0.15) is 6.42 Å². The summed E-state index contributed by atoms with van der Waals surface area (Å²) in [5, 5.41) is 6.47. The van der Waals surface area contributed by atoms with Crippen LogP contribution in [0.15, 0.2) is 18.2 Å². The van der Waals surface area contributed by atoms with Gasteiger partial charge in [-0.15, -0.1) is 0 Å². The van der Waals surface area contributed by atoms with Gasteiger partial charge in [-0.3, -0.25) is 0 Å². The van der Waals surface area contributed by atoms with Crippen molar-refractivity contribution in [3.63, 3.8) is 0 Å². The van der Waals surface area contributed by atoms with Gasteiger partial charge in [-0.1, -0.05) is 0 Å². The third-order valence-electron chi connectivity index (χ3n) is 2.47. The topological polar surface area (TPSA) is 42.5 Å². The molecule has 1 aromatic carbocycles. The number of hydrogen-bond donors (Lipinski definition) is 2. The summed E-state index contributed by atoms with van der Waals surface area (Å²) in [6.07, 6.45) is 1.10. The van der Waals surface area contributed by atoms with E-state index >= 15 is 0 Å². The molecule has 1 heterocycles. The molecule has 0 bridgehead atoms. The molecule has 0 saturated heterocycles. The maximum atomic E-state index is 5.51. The lowest BCUT2D eigenvalue weighted by atomic mass is 10.2. The molecule has 2 rings (SSSR count). The first-order chi connectivity index (χ1) is 7.90. The second-order valence-electron chi connectivity index (χ2n) is 3.74. The van der Waals surface area contributed by atoms with E-state index in [0.29, 0.717) is 13.2 Å². The fraction of sp³-hybridized carbons (Fsp3) is 0.500. The Labute approximate surface area is 95.9 Å². The van der Waals surface area contributed by atoms with Gasteiger partial charge in [0.15, 0.2) is 11.5 Å². The van der Waals surface area contributed by atoms with E-state index in [0.717, 1.165) is 36.7 Å². The lowest BCUT2D eigenvalue weighted by molar-refractivity contribution is 0.171. The Morgan fingerprint density at radius 3 is 2.75 bits per heavy atom. The highest BCUT2D eigenvalue weighted by Crippen LogP contribution is 2.32. The van der Waals surface area contributed by atoms with Crippen molar-refractivity contribution in [2.24, 2.45) is 0 Å². The van der Waals surface area contributed by atoms with Crippen molar-refractivity contribution in [2.45, 2.75) is 6.42 Å². The molecule has 1 aromatic rings. The fourth-order valence-electron chi connectivity index (χ4n) is 1.65. The largest absolute Gasteiger partial charge is 0.486 e. The molecule has 0 unspecified atom stereocenters. The SMILES string of the molecule is CNCCCNc1ccc2c(c1)OCCO2. The summed E-state index contributed by atoms with van der Waals surface area (Å²) in [6, 6.07) is 5.97. The number of hydrogen-bond acceptors (Lipinski definition) is 4. The molecule has 0 radical (unpaired) electrons. The van der Waals surface area contributed by atoms with E-state index in [9.17, 15) is 0 Å². The van der Waals surface area contributed by atoms with Gasteiger partial charge in [0.1, 0.15) is 13.2 Å². The van der Waals surface area contributed by atoms with Gasteiger partial charge in [-0.2, -0.15) is 0 Å². The molecule has 4 heteroatoms. The first-order valence-electron chi connectivity index (χ1n) is 5.68. The van der Waals surface area contributed by atoms with Crippen molar-refractivity contribution in [1.29, 1.82) is 0 Å². The summed E-state index contributed by atoms with van der Waals surface area (Å²) < 4.78 is 11.0. The predicted molar refractivity (Wildman–Crippen MR) is 64.5 cm³/mol. The van der Waals surface area contributed by atoms with Crippen LogP contribution in [0.2, 0.25) is 0 Å². The lowest BCUT2D eigenvalue weighted by Crippen LogP contribution is -2.16. The standard InChI is InChI=1S/C12H18N2O2/c1-13-5-2-6-14-10-3-4-11-12(9-10)16-8-7-15-11/h3-4,9,13-14H,2,5-8H2,1H3. The minimum Gasteiger partial charge on any atom is -0.486 e. The normalized spacial score (nSPS) is 13.6. The number of nitrogens with one attached hydrogen (secondary N) is 2. The number of ether oxygens (including phenoxy) is 2. The molecule has 0 fully saturated rings. The van der Waals surface area contributed by atoms with Crippen molar-refractivity contribution in [3.05, 3.63) is 18.2 Å². The third kappa shape index (κ3) is 2.79. The second kappa shape index (κ2) is 5.61. The summed E-state index contributed by atoms with van der Waals surface area (Å²) >= 11 is 0. The van der Waals surface area contributed by atoms with Crippen LogP contribution in [-0.4, -0.2) is 33.4 Å². The molecule has 1 aliphatic rings. The van der Waals surface area contributed by atoms with Crippen LogP contribution < -0.4 is 20.1 Å². The molecule has 1 aliphatic heterocycles. The van der Waals surface area contributed by atoms with Gasteiger partial charge in [0.25, 0.3) is 0 Å². The van der Waals surface area contributed by atoms with Gasteiger partial charge >= 0.3 is 0 Å². The Kier molecular flexibility index (Phi) is 3.88. The number of rotatable bonds is 5. The molecular formula is C12H18N2O2. The van der Waals surface area contributed by atoms with E-state index in [4.69, 9.17) is 9.47 Å². The van der Waals surface area contributed by atoms with Gasteiger partial charge in [0, 0.05) is 18.3 Å². The average molecular weight is 222 g/mol. The quantitative estimate of drug-likeness (QED) is 0.741. The molecule has 0 amide bonds. The summed E-state index contributed by atoms with van der Waals surface area (Å²) in [5.74, 6) is 1.68. The van der Waals surface area contributed by atoms with Crippen LogP contribution in [0.4, 0.5) is 5.69 Å². The number of fused-ring (bicyclic) bond motifs is 1. The van der Waals surface area contributed by atoms with Crippen molar-refractivity contribution in [3.8, 4) is 11.5 Å². The minimum atomic E-state index is 0.635. The van der Waals surface area contributed by atoms with Crippen LogP contribution >= 0.6 is 0 Å². The zero-order chi connectivity index (χ0) is 11.2. The highest BCUT2D eigenvalue weighted by atomic mass is 16.6. The van der Waals surface area contributed by atoms with Crippen LogP contribution in [0.5, 0.6) is 11.5 Å². The molecule has 88 valence electrons. The Morgan fingerprint density at radius 2 is 1.94 bits per heavy atom. The zero-order valence-electron chi connectivity index (χ0n) is 9.58. The molecule has 0 saturated carbocycles. The van der Waals surface area contributed by atoms with E-state index in [-0.39, 0.29) is 0 Å². The Bertz CT molecular complexity index is 342. The summed E-state index contributed by atoms with van der Waals surface area (Å²) in [5.41, 5.74) is 1.08. The van der Waals surface area contributed by atoms with E-state index < -0.39 is 0 Å². The number of anilines is 1. The average Bonchev–Trinajstić information content (AvgIpc) is 2.34. The minimum absolute atomic E-state index is 0.635. The van der Waals surface area contributed by atoms with E-state index in [1.54, 1.807) is 0 Å². The molecule has 16 heavy (non-hydrogen) atoms. The molecule has 0 aromatic heterocycles. The third-order valence-corrected chi connectivity index (χ3v) is 2.47. The highest BCUT2D eigenvalue weighted by molar-refractivity contribution is 5.55. The van der Waals surface area contributed by atoms with Crippen molar-refractivity contribution in [1.82, 2.24) is 5.32 Å². The van der Waals surface area contributed by atoms with Crippen LogP contribution in [0.25, 0.3) is 0 Å². The van der Waals surface area contributed by atoms with Crippen molar-refractivity contribution < 1.29 is 9.47 Å². The summed E-state index contributed by atoms with van der Waals surface area (Å²) in [7, 11) is 1.96. The molecule has 0 atom stereocenters. The second-order valence-corrected chi connectivity index (χ2v) is 3.74. The fourth-order valence-corrected chi connectivity index (χ4v) is 1.65. The van der Waals surface area contributed by atoms with Crippen molar-refractivity contribution >= 4 is 5.69 Å². The van der Waals surface area contributed by atoms with Crippen LogP contribution in [0.3, 0.4) is 0 Å². The number of benzene rings is 1. The van der Waals surface area contributed by atoms with Crippen LogP contribution in [-0.2, 0) is 0 Å². The smallest absolute Gasteiger partial charge is 0.163 e. The summed E-state index contributed by atoms with van der Waals surface area (Å²) in [4.78, 5) is 0. The van der Waals surface area contributed by atoms with Gasteiger partial charge in [-0.05, 0) is 32.1 Å². The van der Waals surface area contributed by atoms with E-state index in [1.807, 2.05) is 25.2 Å². The molecule has 2 N–H and O–H groups in total. The molecular weight excluding hydrogens is 204 g/mol. The van der Waals surface area contributed by atoms with Crippen LogP contribution in [0, 0.1) is 0 Å². The van der Waals surface area contributed by atoms with Gasteiger partial charge < -0.3 is 20.1 Å². The van der Waals surface area contributed by atoms with Gasteiger partial charge in [0.05, 0.1) is 0 Å². The Balaban J connectivity index is 1.90. The molecule has 0 aliphatic carbocycles. The first kappa shape index (κ1) is 11.1. The predicted octanol–water partition coefficient (Wildman–Crippen LogP) is 1.48. The Morgan fingerprint density at radius 1 is 1.12 bits per heavy atom. The lowest BCUT2D eigenvalue weighted by Gasteiger charge is -2.19. The Hall–Kier alpha value is -1.42. The van der Waals surface area contributed by atoms with Gasteiger partial charge in [0.2, 0.25) is 0 Å². The molecule has 4 nitrogen and oxygen atoms in total. The van der Waals surface area contributed by atoms with Gasteiger partial charge in [-0.25, -0.2) is 0 Å². The maximum absolute atomic E-state index is 5.51. The monoisotopic (exact) mass is 222 g/mol.